The summed E-state index contributed by atoms with van der Waals surface area (Å²) in [6, 6.07) is 8.26. The van der Waals surface area contributed by atoms with E-state index in [9.17, 15) is 0 Å². The van der Waals surface area contributed by atoms with Crippen molar-refractivity contribution in [1.29, 1.82) is 0 Å². The number of nitrogens with zero attached hydrogens (tertiary/aromatic N) is 1. The first-order valence-electron chi connectivity index (χ1n) is 6.87. The van der Waals surface area contributed by atoms with Crippen molar-refractivity contribution in [1.82, 2.24) is 4.57 Å². The first-order valence-corrected chi connectivity index (χ1v) is 7.67. The normalized spacial score (nSPS) is 12.4. The molecule has 0 saturated carbocycles. The molecule has 0 spiro atoms. The molecule has 0 saturated heterocycles. The van der Waals surface area contributed by atoms with Gasteiger partial charge in [0, 0.05) is 29.5 Å². The zero-order valence-electron chi connectivity index (χ0n) is 12.0. The molecule has 0 aliphatic rings. The van der Waals surface area contributed by atoms with Gasteiger partial charge in [0.15, 0.2) is 0 Å². The van der Waals surface area contributed by atoms with Crippen molar-refractivity contribution in [3.63, 3.8) is 0 Å². The molecule has 0 bridgehead atoms. The van der Waals surface area contributed by atoms with E-state index in [1.165, 1.54) is 11.1 Å². The van der Waals surface area contributed by atoms with Crippen LogP contribution in [0.3, 0.4) is 0 Å². The van der Waals surface area contributed by atoms with Crippen LogP contribution in [0, 0.1) is 0 Å². The molecule has 1 atom stereocenters. The maximum atomic E-state index is 6.15. The third-order valence-corrected chi connectivity index (χ3v) is 4.18. The minimum Gasteiger partial charge on any atom is -0.497 e. The van der Waals surface area contributed by atoms with E-state index in [1.807, 2.05) is 12.1 Å². The number of ether oxygens (including phenoxy) is 1. The van der Waals surface area contributed by atoms with E-state index in [0.717, 1.165) is 29.6 Å². The lowest BCUT2D eigenvalue weighted by Gasteiger charge is -2.09. The van der Waals surface area contributed by atoms with Crippen molar-refractivity contribution in [2.24, 2.45) is 5.73 Å². The number of hydrogen-bond acceptors (Lipinski definition) is 2. The maximum Gasteiger partial charge on any atom is 0.119 e. The largest absolute Gasteiger partial charge is 0.497 e. The van der Waals surface area contributed by atoms with Crippen LogP contribution in [0.15, 0.2) is 41.1 Å². The molecule has 4 heteroatoms. The monoisotopic (exact) mass is 336 g/mol. The second-order valence-electron chi connectivity index (χ2n) is 4.97. The zero-order valence-corrected chi connectivity index (χ0v) is 13.6. The van der Waals surface area contributed by atoms with Crippen LogP contribution < -0.4 is 10.5 Å². The van der Waals surface area contributed by atoms with Crippen molar-refractivity contribution < 1.29 is 4.74 Å². The molecule has 0 fully saturated rings. The van der Waals surface area contributed by atoms with Crippen LogP contribution in [0.4, 0.5) is 0 Å². The predicted octanol–water partition coefficient (Wildman–Crippen LogP) is 4.11. The molecule has 0 amide bonds. The Balaban J connectivity index is 2.14. The maximum absolute atomic E-state index is 6.15. The van der Waals surface area contributed by atoms with Gasteiger partial charge in [0.25, 0.3) is 0 Å². The highest BCUT2D eigenvalue weighted by molar-refractivity contribution is 9.10. The van der Waals surface area contributed by atoms with Crippen LogP contribution in [0.25, 0.3) is 0 Å². The summed E-state index contributed by atoms with van der Waals surface area (Å²) in [5.41, 5.74) is 8.54. The molecule has 1 aromatic carbocycles. The second kappa shape index (κ2) is 6.95. The number of halogens is 1. The Morgan fingerprint density at radius 3 is 2.85 bits per heavy atom. The van der Waals surface area contributed by atoms with Gasteiger partial charge in [-0.3, -0.25) is 0 Å². The molecule has 2 N–H and O–H groups in total. The second-order valence-corrected chi connectivity index (χ2v) is 5.82. The minimum atomic E-state index is 0.134. The van der Waals surface area contributed by atoms with Crippen molar-refractivity contribution in [3.8, 4) is 5.75 Å². The third kappa shape index (κ3) is 3.64. The average molecular weight is 337 g/mol. The summed E-state index contributed by atoms with van der Waals surface area (Å²) < 4.78 is 8.52. The van der Waals surface area contributed by atoms with Gasteiger partial charge < -0.3 is 15.0 Å². The molecule has 1 aromatic heterocycles. The van der Waals surface area contributed by atoms with Crippen LogP contribution in [-0.4, -0.2) is 11.7 Å². The predicted molar refractivity (Wildman–Crippen MR) is 86.1 cm³/mol. The fourth-order valence-electron chi connectivity index (χ4n) is 2.25. The first-order chi connectivity index (χ1) is 9.63. The van der Waals surface area contributed by atoms with Crippen molar-refractivity contribution in [3.05, 3.63) is 52.3 Å². The SMILES string of the molecule is CCCC(N)c1ccn(Cc2cc(OC)ccc2Br)c1. The van der Waals surface area contributed by atoms with Gasteiger partial charge in [-0.1, -0.05) is 29.3 Å². The summed E-state index contributed by atoms with van der Waals surface area (Å²) in [6.45, 7) is 2.96. The molecule has 0 aliphatic carbocycles. The highest BCUT2D eigenvalue weighted by Crippen LogP contribution is 2.24. The van der Waals surface area contributed by atoms with Crippen molar-refractivity contribution in [2.75, 3.05) is 7.11 Å². The highest BCUT2D eigenvalue weighted by atomic mass is 79.9. The molecule has 1 unspecified atom stereocenters. The van der Waals surface area contributed by atoms with Gasteiger partial charge in [0.1, 0.15) is 5.75 Å². The Hall–Kier alpha value is -1.26. The van der Waals surface area contributed by atoms with Crippen LogP contribution >= 0.6 is 15.9 Å². The van der Waals surface area contributed by atoms with E-state index < -0.39 is 0 Å². The number of aromatic nitrogens is 1. The summed E-state index contributed by atoms with van der Waals surface area (Å²) in [4.78, 5) is 0. The molecule has 1 heterocycles. The molecule has 0 radical (unpaired) electrons. The first kappa shape index (κ1) is 15.1. The van der Waals surface area contributed by atoms with E-state index >= 15 is 0 Å². The van der Waals surface area contributed by atoms with Crippen molar-refractivity contribution >= 4 is 15.9 Å². The van der Waals surface area contributed by atoms with Gasteiger partial charge in [-0.2, -0.15) is 0 Å². The zero-order chi connectivity index (χ0) is 14.5. The molecular formula is C16H21BrN2O. The van der Waals surface area contributed by atoms with Gasteiger partial charge >= 0.3 is 0 Å². The Kier molecular flexibility index (Phi) is 5.26. The summed E-state index contributed by atoms with van der Waals surface area (Å²) in [6.07, 6.45) is 6.34. The Morgan fingerprint density at radius 2 is 2.15 bits per heavy atom. The molecule has 108 valence electrons. The Morgan fingerprint density at radius 1 is 1.35 bits per heavy atom. The molecule has 2 rings (SSSR count). The smallest absolute Gasteiger partial charge is 0.119 e. The van der Waals surface area contributed by atoms with Crippen LogP contribution in [0.1, 0.15) is 36.9 Å². The minimum absolute atomic E-state index is 0.134. The average Bonchev–Trinajstić information content (AvgIpc) is 2.90. The topological polar surface area (TPSA) is 40.2 Å². The van der Waals surface area contributed by atoms with Gasteiger partial charge in [-0.15, -0.1) is 0 Å². The van der Waals surface area contributed by atoms with E-state index in [0.29, 0.717) is 0 Å². The number of benzene rings is 1. The fourth-order valence-corrected chi connectivity index (χ4v) is 2.62. The van der Waals surface area contributed by atoms with Crippen molar-refractivity contribution in [2.45, 2.75) is 32.4 Å². The molecule has 3 nitrogen and oxygen atoms in total. The number of hydrogen-bond donors (Lipinski definition) is 1. The van der Waals surface area contributed by atoms with E-state index in [1.54, 1.807) is 7.11 Å². The molecule has 20 heavy (non-hydrogen) atoms. The highest BCUT2D eigenvalue weighted by Gasteiger charge is 2.08. The van der Waals surface area contributed by atoms with Crippen LogP contribution in [0.2, 0.25) is 0 Å². The van der Waals surface area contributed by atoms with Gasteiger partial charge in [-0.05, 0) is 41.8 Å². The lowest BCUT2D eigenvalue weighted by atomic mass is 10.1. The number of methoxy groups -OCH3 is 1. The summed E-state index contributed by atoms with van der Waals surface area (Å²) in [5.74, 6) is 0.873. The number of rotatable bonds is 6. The summed E-state index contributed by atoms with van der Waals surface area (Å²) >= 11 is 3.58. The summed E-state index contributed by atoms with van der Waals surface area (Å²) in [7, 11) is 1.69. The lowest BCUT2D eigenvalue weighted by molar-refractivity contribution is 0.414. The van der Waals surface area contributed by atoms with E-state index in [2.05, 4.69) is 51.9 Å². The molecule has 2 aromatic rings. The lowest BCUT2D eigenvalue weighted by Crippen LogP contribution is -2.08. The fraction of sp³-hybridized carbons (Fsp3) is 0.375. The Bertz CT molecular complexity index is 565. The molecule has 0 aliphatic heterocycles. The van der Waals surface area contributed by atoms with Crippen LogP contribution in [0.5, 0.6) is 5.75 Å². The molecular weight excluding hydrogens is 316 g/mol. The summed E-state index contributed by atoms with van der Waals surface area (Å²) in [5, 5.41) is 0. The van der Waals surface area contributed by atoms with Gasteiger partial charge in [-0.25, -0.2) is 0 Å². The van der Waals surface area contributed by atoms with E-state index in [4.69, 9.17) is 10.5 Å². The number of nitrogens with two attached hydrogens (primary N) is 1. The quantitative estimate of drug-likeness (QED) is 0.862. The third-order valence-electron chi connectivity index (χ3n) is 3.41. The Labute approximate surface area is 128 Å². The standard InChI is InChI=1S/C16H21BrN2O/c1-3-4-16(18)12-7-8-19(10-12)11-13-9-14(20-2)5-6-15(13)17/h5-10,16H,3-4,11,18H2,1-2H3. The van der Waals surface area contributed by atoms with E-state index in [-0.39, 0.29) is 6.04 Å². The van der Waals surface area contributed by atoms with Gasteiger partial charge in [0.05, 0.1) is 7.11 Å². The van der Waals surface area contributed by atoms with Crippen LogP contribution in [-0.2, 0) is 6.54 Å². The van der Waals surface area contributed by atoms with Gasteiger partial charge in [0.2, 0.25) is 0 Å².